The van der Waals surface area contributed by atoms with E-state index in [2.05, 4.69) is 81.1 Å². The minimum atomic E-state index is 0.760. The van der Waals surface area contributed by atoms with E-state index in [0.717, 1.165) is 9.50 Å². The van der Waals surface area contributed by atoms with E-state index in [-0.39, 0.29) is 0 Å². The van der Waals surface area contributed by atoms with Crippen LogP contribution in [0.2, 0.25) is 5.02 Å². The molecule has 0 fully saturated rings. The Bertz CT molecular complexity index is 1240. The highest BCUT2D eigenvalue weighted by Crippen LogP contribution is 2.42. The summed E-state index contributed by atoms with van der Waals surface area (Å²) in [5, 5.41) is 6.89. The molecule has 0 bridgehead atoms. The molecule has 3 aromatic carbocycles. The number of aromatic nitrogens is 1. The van der Waals surface area contributed by atoms with Crippen LogP contribution >= 0.6 is 27.5 Å². The number of fused-ring (bicyclic) bond motifs is 8. The molecule has 0 saturated heterocycles. The van der Waals surface area contributed by atoms with Crippen molar-refractivity contribution in [2.45, 2.75) is 0 Å². The Morgan fingerprint density at radius 2 is 1.52 bits per heavy atom. The first-order valence-corrected chi connectivity index (χ1v) is 8.61. The molecule has 0 saturated carbocycles. The quantitative estimate of drug-likeness (QED) is 0.260. The topological polar surface area (TPSA) is 4.41 Å². The zero-order valence-electron chi connectivity index (χ0n) is 12.1. The molecular formula is C20H11BrClN. The van der Waals surface area contributed by atoms with Crippen LogP contribution in [0.3, 0.4) is 0 Å². The Balaban J connectivity index is 2.26. The minimum absolute atomic E-state index is 0.760. The predicted octanol–water partition coefficient (Wildman–Crippen LogP) is 6.81. The lowest BCUT2D eigenvalue weighted by atomic mass is 9.98. The van der Waals surface area contributed by atoms with Gasteiger partial charge >= 0.3 is 0 Å². The van der Waals surface area contributed by atoms with Crippen LogP contribution in [0.25, 0.3) is 38.0 Å². The van der Waals surface area contributed by atoms with Crippen molar-refractivity contribution in [2.24, 2.45) is 0 Å². The normalized spacial score (nSPS) is 11.9. The Kier molecular flexibility index (Phi) is 2.76. The summed E-state index contributed by atoms with van der Waals surface area (Å²) in [6.07, 6.45) is 2.12. The standard InChI is InChI=1S/C20H11BrClN/c21-19-17-7-3-4-10-23(17)20-15-6-2-1-5-13(15)14-9-8-12(22)11-16(14)18(19)20/h1-11H. The molecule has 1 nitrogen and oxygen atoms in total. The van der Waals surface area contributed by atoms with Crippen molar-refractivity contribution < 1.29 is 0 Å². The van der Waals surface area contributed by atoms with Gasteiger partial charge < -0.3 is 4.40 Å². The van der Waals surface area contributed by atoms with Crippen molar-refractivity contribution in [3.63, 3.8) is 0 Å². The number of rotatable bonds is 0. The van der Waals surface area contributed by atoms with Crippen molar-refractivity contribution >= 4 is 65.5 Å². The second-order valence-electron chi connectivity index (χ2n) is 5.73. The van der Waals surface area contributed by atoms with E-state index in [1.54, 1.807) is 0 Å². The van der Waals surface area contributed by atoms with Crippen LogP contribution in [0, 0.1) is 0 Å². The molecule has 0 aliphatic heterocycles. The van der Waals surface area contributed by atoms with Crippen molar-refractivity contribution in [1.82, 2.24) is 4.40 Å². The Labute approximate surface area is 146 Å². The molecule has 110 valence electrons. The predicted molar refractivity (Wildman–Crippen MR) is 103 cm³/mol. The van der Waals surface area contributed by atoms with Gasteiger partial charge in [0.05, 0.1) is 15.5 Å². The molecule has 0 unspecified atom stereocenters. The number of hydrogen-bond acceptors (Lipinski definition) is 0. The van der Waals surface area contributed by atoms with E-state index >= 15 is 0 Å². The Morgan fingerprint density at radius 3 is 2.39 bits per heavy atom. The van der Waals surface area contributed by atoms with E-state index in [9.17, 15) is 0 Å². The summed E-state index contributed by atoms with van der Waals surface area (Å²) < 4.78 is 3.37. The first-order chi connectivity index (χ1) is 11.3. The second-order valence-corrected chi connectivity index (χ2v) is 6.96. The van der Waals surface area contributed by atoms with Crippen LogP contribution < -0.4 is 0 Å². The Morgan fingerprint density at radius 1 is 0.783 bits per heavy atom. The molecule has 0 radical (unpaired) electrons. The fourth-order valence-electron chi connectivity index (χ4n) is 3.56. The molecule has 0 amide bonds. The first-order valence-electron chi connectivity index (χ1n) is 7.44. The van der Waals surface area contributed by atoms with Gasteiger partial charge in [-0.25, -0.2) is 0 Å². The summed E-state index contributed by atoms with van der Waals surface area (Å²) >= 11 is 10.1. The lowest BCUT2D eigenvalue weighted by molar-refractivity contribution is 1.26. The van der Waals surface area contributed by atoms with E-state index in [0.29, 0.717) is 0 Å². The van der Waals surface area contributed by atoms with Crippen LogP contribution in [0.5, 0.6) is 0 Å². The second kappa shape index (κ2) is 4.73. The van der Waals surface area contributed by atoms with E-state index < -0.39 is 0 Å². The zero-order valence-corrected chi connectivity index (χ0v) is 14.4. The third-order valence-corrected chi connectivity index (χ3v) is 5.54. The molecule has 2 aromatic heterocycles. The molecule has 0 atom stereocenters. The maximum atomic E-state index is 6.30. The van der Waals surface area contributed by atoms with Crippen LogP contribution in [0.4, 0.5) is 0 Å². The Hall–Kier alpha value is -2.03. The van der Waals surface area contributed by atoms with E-state index in [1.807, 2.05) is 6.07 Å². The highest BCUT2D eigenvalue weighted by Gasteiger charge is 2.16. The lowest BCUT2D eigenvalue weighted by Crippen LogP contribution is -1.85. The van der Waals surface area contributed by atoms with Crippen LogP contribution in [0.1, 0.15) is 0 Å². The van der Waals surface area contributed by atoms with Gasteiger partial charge in [-0.3, -0.25) is 0 Å². The summed E-state index contributed by atoms with van der Waals surface area (Å²) in [5.74, 6) is 0. The average molecular weight is 381 g/mol. The lowest BCUT2D eigenvalue weighted by Gasteiger charge is -2.08. The summed E-state index contributed by atoms with van der Waals surface area (Å²) in [4.78, 5) is 0. The fourth-order valence-corrected chi connectivity index (χ4v) is 4.46. The SMILES string of the molecule is Clc1ccc2c3ccccc3c3c(c(Br)c4ccccn43)c2c1. The first kappa shape index (κ1) is 13.4. The minimum Gasteiger partial charge on any atom is -0.315 e. The van der Waals surface area contributed by atoms with Crippen molar-refractivity contribution in [1.29, 1.82) is 0 Å². The number of benzene rings is 3. The summed E-state index contributed by atoms with van der Waals surface area (Å²) in [7, 11) is 0. The van der Waals surface area contributed by atoms with Crippen molar-refractivity contribution in [3.8, 4) is 0 Å². The molecule has 3 heteroatoms. The van der Waals surface area contributed by atoms with Gasteiger partial charge in [-0.05, 0) is 56.4 Å². The van der Waals surface area contributed by atoms with Crippen molar-refractivity contribution in [3.05, 3.63) is 76.4 Å². The molecule has 23 heavy (non-hydrogen) atoms. The number of pyridine rings is 1. The summed E-state index contributed by atoms with van der Waals surface area (Å²) in [6.45, 7) is 0. The average Bonchev–Trinajstić information content (AvgIpc) is 2.89. The van der Waals surface area contributed by atoms with Crippen LogP contribution in [0.15, 0.2) is 71.3 Å². The van der Waals surface area contributed by atoms with Gasteiger partial charge in [-0.15, -0.1) is 0 Å². The zero-order chi connectivity index (χ0) is 15.6. The smallest absolute Gasteiger partial charge is 0.0625 e. The number of hydrogen-bond donors (Lipinski definition) is 0. The third kappa shape index (κ3) is 1.73. The van der Waals surface area contributed by atoms with Crippen LogP contribution in [-0.2, 0) is 0 Å². The van der Waals surface area contributed by atoms with Crippen LogP contribution in [-0.4, -0.2) is 4.40 Å². The molecule has 5 rings (SSSR count). The molecule has 2 heterocycles. The maximum Gasteiger partial charge on any atom is 0.0625 e. The highest BCUT2D eigenvalue weighted by molar-refractivity contribution is 9.10. The van der Waals surface area contributed by atoms with Crippen molar-refractivity contribution in [2.75, 3.05) is 0 Å². The van der Waals surface area contributed by atoms with E-state index in [1.165, 1.54) is 38.0 Å². The molecule has 0 aliphatic rings. The van der Waals surface area contributed by atoms with Gasteiger partial charge in [0.1, 0.15) is 0 Å². The van der Waals surface area contributed by atoms with Gasteiger partial charge in [-0.1, -0.05) is 48.0 Å². The molecular weight excluding hydrogens is 370 g/mol. The largest absolute Gasteiger partial charge is 0.315 e. The summed E-state index contributed by atoms with van der Waals surface area (Å²) in [6, 6.07) is 21.0. The molecule has 0 spiro atoms. The molecule has 0 aliphatic carbocycles. The van der Waals surface area contributed by atoms with E-state index in [4.69, 9.17) is 11.6 Å². The van der Waals surface area contributed by atoms with Gasteiger partial charge in [0.15, 0.2) is 0 Å². The van der Waals surface area contributed by atoms with Gasteiger partial charge in [0, 0.05) is 22.0 Å². The monoisotopic (exact) mass is 379 g/mol. The number of halogens is 2. The maximum absolute atomic E-state index is 6.30. The third-order valence-electron chi connectivity index (χ3n) is 4.51. The fraction of sp³-hybridized carbons (Fsp3) is 0. The van der Waals surface area contributed by atoms with Gasteiger partial charge in [0.2, 0.25) is 0 Å². The highest BCUT2D eigenvalue weighted by atomic mass is 79.9. The number of nitrogens with zero attached hydrogens (tertiary/aromatic N) is 1. The molecule has 0 N–H and O–H groups in total. The summed E-state index contributed by atoms with van der Waals surface area (Å²) in [5.41, 5.74) is 2.39. The van der Waals surface area contributed by atoms with Gasteiger partial charge in [0.25, 0.3) is 0 Å². The molecule has 5 aromatic rings. The van der Waals surface area contributed by atoms with Gasteiger partial charge in [-0.2, -0.15) is 0 Å².